The molecule has 0 aliphatic rings. The SMILES string of the molecule is Cc1[nH]c2ccccc2c1C(=O)OCn1nnc2ccccc2c1=O. The fourth-order valence-electron chi connectivity index (χ4n) is 2.84. The standard InChI is InChI=1S/C18H14N4O3/c1-11-16(12-6-2-4-8-14(12)19-11)18(24)25-10-22-17(23)13-7-3-5-9-15(13)20-21-22/h2-9,19H,10H2,1H3. The van der Waals surface area contributed by atoms with Gasteiger partial charge < -0.3 is 9.72 Å². The third-order valence-corrected chi connectivity index (χ3v) is 4.04. The van der Waals surface area contributed by atoms with E-state index in [0.29, 0.717) is 22.2 Å². The molecule has 25 heavy (non-hydrogen) atoms. The molecule has 2 heterocycles. The summed E-state index contributed by atoms with van der Waals surface area (Å²) in [5, 5.41) is 8.99. The van der Waals surface area contributed by atoms with E-state index in [1.807, 2.05) is 24.3 Å². The minimum Gasteiger partial charge on any atom is -0.438 e. The van der Waals surface area contributed by atoms with E-state index in [-0.39, 0.29) is 12.3 Å². The first-order chi connectivity index (χ1) is 12.1. The third-order valence-electron chi connectivity index (χ3n) is 4.04. The van der Waals surface area contributed by atoms with Gasteiger partial charge in [0.05, 0.1) is 10.9 Å². The molecule has 2 aromatic carbocycles. The molecule has 0 aliphatic heterocycles. The molecule has 124 valence electrons. The quantitative estimate of drug-likeness (QED) is 0.581. The van der Waals surface area contributed by atoms with Gasteiger partial charge in [-0.1, -0.05) is 35.5 Å². The maximum Gasteiger partial charge on any atom is 0.342 e. The third kappa shape index (κ3) is 2.55. The molecule has 0 spiro atoms. The summed E-state index contributed by atoms with van der Waals surface area (Å²) in [7, 11) is 0. The van der Waals surface area contributed by atoms with Crippen molar-refractivity contribution >= 4 is 27.8 Å². The van der Waals surface area contributed by atoms with E-state index >= 15 is 0 Å². The number of aryl methyl sites for hydroxylation is 1. The first kappa shape index (κ1) is 15.1. The van der Waals surface area contributed by atoms with Gasteiger partial charge in [-0.3, -0.25) is 4.79 Å². The van der Waals surface area contributed by atoms with E-state index in [2.05, 4.69) is 15.3 Å². The maximum absolute atomic E-state index is 12.5. The fraction of sp³-hybridized carbons (Fsp3) is 0.111. The summed E-state index contributed by atoms with van der Waals surface area (Å²) in [6.45, 7) is 1.51. The van der Waals surface area contributed by atoms with E-state index in [1.54, 1.807) is 31.2 Å². The number of rotatable bonds is 3. The lowest BCUT2D eigenvalue weighted by Crippen LogP contribution is -2.26. The Morgan fingerprint density at radius 3 is 2.68 bits per heavy atom. The van der Waals surface area contributed by atoms with Crippen LogP contribution in [-0.4, -0.2) is 25.9 Å². The summed E-state index contributed by atoms with van der Waals surface area (Å²) in [6.07, 6.45) is 0. The zero-order chi connectivity index (χ0) is 17.4. The number of aromatic amines is 1. The second kappa shape index (κ2) is 5.86. The van der Waals surface area contributed by atoms with Crippen molar-refractivity contribution in [3.8, 4) is 0 Å². The number of para-hydroxylation sites is 1. The minimum atomic E-state index is -0.517. The van der Waals surface area contributed by atoms with Crippen LogP contribution in [0, 0.1) is 6.92 Å². The van der Waals surface area contributed by atoms with Gasteiger partial charge in [0, 0.05) is 16.6 Å². The topological polar surface area (TPSA) is 89.9 Å². The van der Waals surface area contributed by atoms with Gasteiger partial charge in [0.15, 0.2) is 6.73 Å². The Hall–Kier alpha value is -3.48. The summed E-state index contributed by atoms with van der Waals surface area (Å²) in [5.74, 6) is -0.517. The van der Waals surface area contributed by atoms with E-state index in [4.69, 9.17) is 4.74 Å². The van der Waals surface area contributed by atoms with Crippen molar-refractivity contribution in [1.29, 1.82) is 0 Å². The highest BCUT2D eigenvalue weighted by atomic mass is 16.5. The highest BCUT2D eigenvalue weighted by Crippen LogP contribution is 2.22. The molecule has 4 aromatic rings. The van der Waals surface area contributed by atoms with Crippen LogP contribution in [0.25, 0.3) is 21.8 Å². The van der Waals surface area contributed by atoms with Gasteiger partial charge in [0.2, 0.25) is 0 Å². The zero-order valence-corrected chi connectivity index (χ0v) is 13.4. The highest BCUT2D eigenvalue weighted by molar-refractivity contribution is 6.05. The van der Waals surface area contributed by atoms with E-state index in [9.17, 15) is 9.59 Å². The molecular weight excluding hydrogens is 320 g/mol. The van der Waals surface area contributed by atoms with Gasteiger partial charge in [-0.15, -0.1) is 5.10 Å². The van der Waals surface area contributed by atoms with Crippen molar-refractivity contribution < 1.29 is 9.53 Å². The molecule has 0 amide bonds. The predicted octanol–water partition coefficient (Wildman–Crippen LogP) is 2.40. The molecule has 1 N–H and O–H groups in total. The molecule has 0 radical (unpaired) electrons. The molecule has 7 heteroatoms. The van der Waals surface area contributed by atoms with Gasteiger partial charge in [-0.2, -0.15) is 4.68 Å². The molecule has 2 aromatic heterocycles. The Kier molecular flexibility index (Phi) is 3.53. The highest BCUT2D eigenvalue weighted by Gasteiger charge is 2.17. The molecule has 0 aliphatic carbocycles. The Morgan fingerprint density at radius 2 is 1.84 bits per heavy atom. The largest absolute Gasteiger partial charge is 0.438 e. The predicted molar refractivity (Wildman–Crippen MR) is 92.2 cm³/mol. The summed E-state index contributed by atoms with van der Waals surface area (Å²) < 4.78 is 6.32. The molecule has 0 atom stereocenters. The molecule has 0 fully saturated rings. The van der Waals surface area contributed by atoms with Gasteiger partial charge in [-0.05, 0) is 25.1 Å². The Morgan fingerprint density at radius 1 is 1.12 bits per heavy atom. The van der Waals surface area contributed by atoms with Gasteiger partial charge in [0.25, 0.3) is 5.56 Å². The second-order valence-corrected chi connectivity index (χ2v) is 5.64. The number of hydrogen-bond acceptors (Lipinski definition) is 5. The lowest BCUT2D eigenvalue weighted by Gasteiger charge is -2.07. The average Bonchev–Trinajstić information content (AvgIpc) is 2.97. The van der Waals surface area contributed by atoms with Crippen LogP contribution in [0.15, 0.2) is 53.3 Å². The summed E-state index contributed by atoms with van der Waals surface area (Å²) in [6, 6.07) is 14.4. The van der Waals surface area contributed by atoms with Gasteiger partial charge in [0.1, 0.15) is 5.52 Å². The van der Waals surface area contributed by atoms with E-state index in [0.717, 1.165) is 15.6 Å². The van der Waals surface area contributed by atoms with Gasteiger partial charge >= 0.3 is 5.97 Å². The van der Waals surface area contributed by atoms with Crippen LogP contribution >= 0.6 is 0 Å². The average molecular weight is 334 g/mol. The van der Waals surface area contributed by atoms with Crippen molar-refractivity contribution in [3.63, 3.8) is 0 Å². The number of nitrogens with zero attached hydrogens (tertiary/aromatic N) is 3. The number of carbonyl (C=O) groups is 1. The molecule has 0 saturated heterocycles. The lowest BCUT2D eigenvalue weighted by molar-refractivity contribution is 0.0337. The Bertz CT molecular complexity index is 1160. The second-order valence-electron chi connectivity index (χ2n) is 5.64. The van der Waals surface area contributed by atoms with Crippen LogP contribution in [-0.2, 0) is 11.5 Å². The number of esters is 1. The molecule has 0 unspecified atom stereocenters. The van der Waals surface area contributed by atoms with Crippen molar-refractivity contribution in [2.45, 2.75) is 13.7 Å². The van der Waals surface area contributed by atoms with Crippen molar-refractivity contribution in [1.82, 2.24) is 20.0 Å². The number of aromatic nitrogens is 4. The molecule has 0 saturated carbocycles. The van der Waals surface area contributed by atoms with Crippen LogP contribution in [0.1, 0.15) is 16.1 Å². The first-order valence-corrected chi connectivity index (χ1v) is 7.72. The molecule has 0 bridgehead atoms. The number of hydrogen-bond donors (Lipinski definition) is 1. The normalized spacial score (nSPS) is 11.1. The summed E-state index contributed by atoms with van der Waals surface area (Å²) in [4.78, 5) is 28.0. The van der Waals surface area contributed by atoms with Crippen molar-refractivity contribution in [2.75, 3.05) is 0 Å². The number of H-pyrrole nitrogens is 1. The Labute approximate surface area is 141 Å². The van der Waals surface area contributed by atoms with E-state index in [1.165, 1.54) is 0 Å². The number of benzene rings is 2. The van der Waals surface area contributed by atoms with Crippen LogP contribution in [0.4, 0.5) is 0 Å². The molecular formula is C18H14N4O3. The minimum absolute atomic E-state index is 0.297. The number of nitrogens with one attached hydrogen (secondary N) is 1. The van der Waals surface area contributed by atoms with Crippen LogP contribution in [0.2, 0.25) is 0 Å². The zero-order valence-electron chi connectivity index (χ0n) is 13.4. The summed E-state index contributed by atoms with van der Waals surface area (Å²) in [5.41, 5.74) is 2.17. The van der Waals surface area contributed by atoms with Crippen molar-refractivity contribution in [3.05, 3.63) is 70.1 Å². The van der Waals surface area contributed by atoms with Gasteiger partial charge in [-0.25, -0.2) is 4.79 Å². The van der Waals surface area contributed by atoms with Crippen LogP contribution in [0.5, 0.6) is 0 Å². The fourth-order valence-corrected chi connectivity index (χ4v) is 2.84. The smallest absolute Gasteiger partial charge is 0.342 e. The monoisotopic (exact) mass is 334 g/mol. The number of ether oxygens (including phenoxy) is 1. The lowest BCUT2D eigenvalue weighted by atomic mass is 10.1. The summed E-state index contributed by atoms with van der Waals surface area (Å²) >= 11 is 0. The number of carbonyl (C=O) groups excluding carboxylic acids is 1. The molecule has 7 nitrogen and oxygen atoms in total. The number of fused-ring (bicyclic) bond motifs is 2. The first-order valence-electron chi connectivity index (χ1n) is 7.72. The Balaban J connectivity index is 1.63. The van der Waals surface area contributed by atoms with Crippen molar-refractivity contribution in [2.24, 2.45) is 0 Å². The molecule has 4 rings (SSSR count). The van der Waals surface area contributed by atoms with Crippen LogP contribution in [0.3, 0.4) is 0 Å². The van der Waals surface area contributed by atoms with Crippen LogP contribution < -0.4 is 5.56 Å². The maximum atomic E-state index is 12.5. The van der Waals surface area contributed by atoms with E-state index < -0.39 is 5.97 Å².